The van der Waals surface area contributed by atoms with Crippen LogP contribution in [0.25, 0.3) is 10.9 Å². The number of aliphatic hydroxyl groups is 2. The first-order chi connectivity index (χ1) is 31.7. The van der Waals surface area contributed by atoms with Crippen LogP contribution in [-0.2, 0) is 23.8 Å². The third kappa shape index (κ3) is 8.97. The van der Waals surface area contributed by atoms with Crippen LogP contribution in [0.3, 0.4) is 0 Å². The number of aliphatic hydroxyl groups excluding tert-OH is 2. The lowest BCUT2D eigenvalue weighted by Crippen LogP contribution is -2.50. The topological polar surface area (TPSA) is 214 Å². The van der Waals surface area contributed by atoms with E-state index in [0.29, 0.717) is 13.1 Å². The highest BCUT2D eigenvalue weighted by Gasteiger charge is 2.53. The van der Waals surface area contributed by atoms with E-state index in [0.717, 1.165) is 22.3 Å². The number of nitrogens with one attached hydrogen (secondary N) is 1. The van der Waals surface area contributed by atoms with Crippen LogP contribution in [0.1, 0.15) is 90.8 Å². The normalized spacial score (nSPS) is 30.4. The van der Waals surface area contributed by atoms with Crippen LogP contribution in [0.4, 0.5) is 5.69 Å². The van der Waals surface area contributed by atoms with Crippen molar-refractivity contribution in [1.29, 1.82) is 0 Å². The number of nitrogens with zero attached hydrogens (tertiary/aromatic N) is 3. The Kier molecular flexibility index (Phi) is 13.8. The fraction of sp³-hybridized carbons (Fsp3) is 0.451. The Bertz CT molecular complexity index is 2640. The zero-order valence-corrected chi connectivity index (χ0v) is 39.6. The highest BCUT2D eigenvalue weighted by molar-refractivity contribution is 6.32. The molecule has 5 heterocycles. The number of hydrogen-bond acceptors (Lipinski definition) is 15. The number of fused-ring (bicyclic) bond motifs is 15. The van der Waals surface area contributed by atoms with E-state index in [9.17, 15) is 34.5 Å². The van der Waals surface area contributed by atoms with Crippen molar-refractivity contribution in [3.63, 3.8) is 0 Å². The van der Waals surface area contributed by atoms with Gasteiger partial charge in [0.1, 0.15) is 29.0 Å². The van der Waals surface area contributed by atoms with Crippen molar-refractivity contribution >= 4 is 45.8 Å². The van der Waals surface area contributed by atoms with Crippen molar-refractivity contribution < 1.29 is 58.2 Å². The van der Waals surface area contributed by atoms with Gasteiger partial charge in [0.2, 0.25) is 11.6 Å². The van der Waals surface area contributed by atoms with Gasteiger partial charge < -0.3 is 49.4 Å². The van der Waals surface area contributed by atoms with Crippen LogP contribution >= 0.6 is 0 Å². The minimum absolute atomic E-state index is 0.000374. The fourth-order valence-corrected chi connectivity index (χ4v) is 9.70. The maximum absolute atomic E-state index is 15.2. The number of esters is 1. The van der Waals surface area contributed by atoms with Crippen molar-refractivity contribution in [1.82, 2.24) is 15.2 Å². The fourth-order valence-electron chi connectivity index (χ4n) is 9.70. The molecular formula is C51H60N4O12. The van der Waals surface area contributed by atoms with E-state index in [2.05, 4.69) is 15.2 Å². The first-order valence-electron chi connectivity index (χ1n) is 22.6. The van der Waals surface area contributed by atoms with E-state index < -0.39 is 94.4 Å². The van der Waals surface area contributed by atoms with E-state index in [4.69, 9.17) is 18.9 Å². The zero-order chi connectivity index (χ0) is 48.8. The van der Waals surface area contributed by atoms with E-state index in [1.165, 1.54) is 53.2 Å². The molecule has 9 atom stereocenters. The molecule has 0 spiro atoms. The second-order valence-corrected chi connectivity index (χ2v) is 18.3. The molecule has 3 aromatic rings. The maximum atomic E-state index is 15.2. The standard InChI is InChI=1S/C51H60N4O12/c1-25-14-13-15-26(2)50(63)53-40-41(55-21-19-54(20-22-55)35-24-27(3)52-34-17-12-11-16-33(34)35)46(61)37-38(45(40)60)44(59)31(7)48-39(37)49(62)51(9,67-48)65-23-18-36(64-10)28(4)47(66-32(8)56)30(6)43(58)29(5)42(25)57/h11-18,23-25,28-30,36,42-43,47,57-59H,19-22H2,1-10H3,(H,53,63)/b14-13+,23-18+,26-15-. The Morgan fingerprint density at radius 2 is 1.55 bits per heavy atom. The monoisotopic (exact) mass is 920 g/mol. The summed E-state index contributed by atoms with van der Waals surface area (Å²) < 4.78 is 23.8. The lowest BCUT2D eigenvalue weighted by molar-refractivity contribution is -0.160. The highest BCUT2D eigenvalue weighted by Crippen LogP contribution is 2.49. The molecule has 4 aliphatic heterocycles. The van der Waals surface area contributed by atoms with Crippen molar-refractivity contribution in [2.75, 3.05) is 38.2 Å². The summed E-state index contributed by atoms with van der Waals surface area (Å²) in [5.74, 6) is -9.18. The smallest absolute Gasteiger partial charge is 0.312 e. The van der Waals surface area contributed by atoms with Gasteiger partial charge >= 0.3 is 11.8 Å². The number of carbonyl (C=O) groups is 5. The number of carbonyl (C=O) groups excluding carboxylic acids is 5. The average Bonchev–Trinajstić information content (AvgIpc) is 3.57. The molecule has 16 nitrogen and oxygen atoms in total. The lowest BCUT2D eigenvalue weighted by atomic mass is 9.78. The summed E-state index contributed by atoms with van der Waals surface area (Å²) >= 11 is 0. The van der Waals surface area contributed by atoms with E-state index in [-0.39, 0.29) is 52.5 Å². The van der Waals surface area contributed by atoms with E-state index in [1.54, 1.807) is 44.7 Å². The van der Waals surface area contributed by atoms with Gasteiger partial charge in [-0.1, -0.05) is 64.1 Å². The van der Waals surface area contributed by atoms with Gasteiger partial charge in [0, 0.05) is 98.7 Å². The number of Topliss-reactive ketones (excluding diaryl/α,β-unsaturated/α-hetero) is 3. The molecule has 0 radical (unpaired) electrons. The molecular weight excluding hydrogens is 861 g/mol. The number of amides is 1. The Hall–Kier alpha value is -6.36. The molecule has 2 aromatic carbocycles. The summed E-state index contributed by atoms with van der Waals surface area (Å²) in [4.78, 5) is 79.8. The van der Waals surface area contributed by atoms with Crippen LogP contribution in [0.15, 0.2) is 77.9 Å². The molecule has 1 aliphatic carbocycles. The number of ketones is 3. The number of phenolic OH excluding ortho intramolecular Hbond substituents is 1. The molecule has 1 amide bonds. The molecule has 356 valence electrons. The van der Waals surface area contributed by atoms with Gasteiger partial charge in [-0.05, 0) is 39.0 Å². The molecule has 5 bridgehead atoms. The number of methoxy groups -OCH3 is 1. The van der Waals surface area contributed by atoms with Crippen LogP contribution in [0.2, 0.25) is 0 Å². The minimum atomic E-state index is -2.10. The summed E-state index contributed by atoms with van der Waals surface area (Å²) in [7, 11) is 1.43. The maximum Gasteiger partial charge on any atom is 0.312 e. The Morgan fingerprint density at radius 3 is 2.22 bits per heavy atom. The molecule has 1 saturated heterocycles. The molecule has 67 heavy (non-hydrogen) atoms. The van der Waals surface area contributed by atoms with Gasteiger partial charge in [0.05, 0.1) is 46.8 Å². The number of pyridine rings is 1. The number of phenols is 1. The van der Waals surface area contributed by atoms with Crippen molar-refractivity contribution in [3.8, 4) is 11.5 Å². The highest BCUT2D eigenvalue weighted by atomic mass is 16.7. The summed E-state index contributed by atoms with van der Waals surface area (Å²) in [6.45, 7) is 15.7. The molecule has 8 rings (SSSR count). The number of piperazine rings is 1. The molecule has 5 aliphatic rings. The van der Waals surface area contributed by atoms with E-state index in [1.807, 2.05) is 37.3 Å². The number of para-hydroxylation sites is 1. The molecule has 16 heteroatoms. The minimum Gasteiger partial charge on any atom is -0.507 e. The van der Waals surface area contributed by atoms with Gasteiger partial charge in [-0.2, -0.15) is 0 Å². The van der Waals surface area contributed by atoms with Crippen molar-refractivity contribution in [2.24, 2.45) is 23.7 Å². The Balaban J connectivity index is 1.33. The molecule has 4 N–H and O–H groups in total. The van der Waals surface area contributed by atoms with Crippen molar-refractivity contribution in [2.45, 2.75) is 92.5 Å². The third-order valence-corrected chi connectivity index (χ3v) is 13.7. The van der Waals surface area contributed by atoms with Gasteiger partial charge in [-0.15, -0.1) is 0 Å². The number of benzene rings is 2. The zero-order valence-electron chi connectivity index (χ0n) is 39.6. The number of hydrogen-bond donors (Lipinski definition) is 4. The lowest BCUT2D eigenvalue weighted by Gasteiger charge is -2.40. The Morgan fingerprint density at radius 1 is 0.881 bits per heavy atom. The van der Waals surface area contributed by atoms with E-state index >= 15 is 4.79 Å². The Labute approximate surface area is 389 Å². The summed E-state index contributed by atoms with van der Waals surface area (Å²) in [6, 6.07) is 9.81. The predicted molar refractivity (Wildman–Crippen MR) is 248 cm³/mol. The van der Waals surface area contributed by atoms with Gasteiger partial charge in [-0.3, -0.25) is 29.0 Å². The number of allylic oxidation sites excluding steroid dienone is 4. The predicted octanol–water partition coefficient (Wildman–Crippen LogP) is 5.64. The quantitative estimate of drug-likeness (QED) is 0.233. The molecule has 1 fully saturated rings. The largest absolute Gasteiger partial charge is 0.507 e. The van der Waals surface area contributed by atoms with Crippen LogP contribution in [0, 0.1) is 37.5 Å². The summed E-state index contributed by atoms with van der Waals surface area (Å²) in [6.07, 6.45) is 3.45. The molecule has 0 saturated carbocycles. The molecule has 9 unspecified atom stereocenters. The number of aromatic nitrogens is 1. The van der Waals surface area contributed by atoms with Gasteiger partial charge in [-0.25, -0.2) is 0 Å². The second-order valence-electron chi connectivity index (χ2n) is 18.3. The number of aryl methyl sites for hydroxylation is 1. The first-order valence-corrected chi connectivity index (χ1v) is 22.6. The first kappa shape index (κ1) is 48.6. The number of ether oxygens (including phenoxy) is 4. The summed E-state index contributed by atoms with van der Waals surface area (Å²) in [5, 5.41) is 38.4. The third-order valence-electron chi connectivity index (χ3n) is 13.7. The summed E-state index contributed by atoms with van der Waals surface area (Å²) in [5.41, 5.74) is 1.17. The van der Waals surface area contributed by atoms with Crippen LogP contribution < -0.4 is 15.0 Å². The van der Waals surface area contributed by atoms with Crippen molar-refractivity contribution in [3.05, 3.63) is 106 Å². The number of anilines is 1. The van der Waals surface area contributed by atoms with Crippen LogP contribution in [-0.4, -0.2) is 118 Å². The van der Waals surface area contributed by atoms with Crippen LogP contribution in [0.5, 0.6) is 11.5 Å². The second kappa shape index (κ2) is 19.1. The molecule has 1 aromatic heterocycles. The number of aromatic hydroxyl groups is 1. The van der Waals surface area contributed by atoms with Gasteiger partial charge in [0.25, 0.3) is 11.7 Å². The average molecular weight is 921 g/mol. The SMILES string of the molecule is COC1/C=C/OC2(C)Oc3c(C)c(O)c4c(c3C2=O)C(=O)C(N2CCN(c3cc(C)nc5ccccc35)CC2)=C(NC(=O)/C(C)=C\C=C\C(C)C(O)C(C)C(O)C(C)C(OC(C)=O)C1C)C4=O. The number of rotatable bonds is 4. The van der Waals surface area contributed by atoms with Gasteiger partial charge in [0.15, 0.2) is 0 Å².